The van der Waals surface area contributed by atoms with Crippen LogP contribution in [0.5, 0.6) is 0 Å². The molecule has 9 heavy (non-hydrogen) atoms. The van der Waals surface area contributed by atoms with Gasteiger partial charge in [0.15, 0.2) is 0 Å². The van der Waals surface area contributed by atoms with Gasteiger partial charge in [0.1, 0.15) is 6.26 Å². The van der Waals surface area contributed by atoms with Crippen LogP contribution in [0.3, 0.4) is 0 Å². The zero-order valence-corrected chi connectivity index (χ0v) is 5.37. The zero-order valence-electron chi connectivity index (χ0n) is 5.37. The fourth-order valence-corrected chi connectivity index (χ4v) is 0.673. The van der Waals surface area contributed by atoms with E-state index in [0.29, 0.717) is 0 Å². The largest absolute Gasteiger partial charge is 0.365 e. The predicted molar refractivity (Wildman–Crippen MR) is 33.9 cm³/mol. The lowest BCUT2D eigenvalue weighted by atomic mass is 10.2. The van der Waals surface area contributed by atoms with Crippen molar-refractivity contribution in [2.24, 2.45) is 5.73 Å². The third-order valence-electron chi connectivity index (χ3n) is 1.02. The van der Waals surface area contributed by atoms with Gasteiger partial charge >= 0.3 is 0 Å². The summed E-state index contributed by atoms with van der Waals surface area (Å²) in [6, 6.07) is 1.98. The Balaban J connectivity index is 2.48. The Morgan fingerprint density at radius 3 is 3.11 bits per heavy atom. The molecular weight excluding hydrogens is 116 g/mol. The van der Waals surface area contributed by atoms with Gasteiger partial charge in [0.25, 0.3) is 0 Å². The number of aromatic nitrogens is 1. The summed E-state index contributed by atoms with van der Waals surface area (Å²) >= 11 is 0. The minimum atomic E-state index is 0.162. The van der Waals surface area contributed by atoms with Crippen LogP contribution in [0.15, 0.2) is 16.9 Å². The van der Waals surface area contributed by atoms with Gasteiger partial charge in [-0.15, -0.1) is 0 Å². The van der Waals surface area contributed by atoms with Crippen LogP contribution >= 0.6 is 0 Å². The quantitative estimate of drug-likeness (QED) is 0.630. The summed E-state index contributed by atoms with van der Waals surface area (Å²) in [5.74, 6) is 0. The Morgan fingerprint density at radius 1 is 1.89 bits per heavy atom. The van der Waals surface area contributed by atoms with Crippen molar-refractivity contribution in [1.82, 2.24) is 5.16 Å². The van der Waals surface area contributed by atoms with Crippen LogP contribution in [0.2, 0.25) is 0 Å². The lowest BCUT2D eigenvalue weighted by Crippen LogP contribution is -2.17. The van der Waals surface area contributed by atoms with Gasteiger partial charge in [-0.1, -0.05) is 5.16 Å². The standard InChI is InChI=1S/C6H10N2O/c1-5(7)4-6-2-3-9-8-6/h2-3,5H,4,7H2,1H3. The van der Waals surface area contributed by atoms with E-state index in [0.717, 1.165) is 12.1 Å². The molecule has 1 atom stereocenters. The summed E-state index contributed by atoms with van der Waals surface area (Å²) in [4.78, 5) is 0. The smallest absolute Gasteiger partial charge is 0.124 e. The summed E-state index contributed by atoms with van der Waals surface area (Å²) in [6.45, 7) is 1.94. The molecule has 0 radical (unpaired) electrons. The molecule has 0 aliphatic heterocycles. The monoisotopic (exact) mass is 126 g/mol. The maximum atomic E-state index is 5.50. The molecule has 0 aliphatic rings. The minimum absolute atomic E-state index is 0.162. The van der Waals surface area contributed by atoms with Gasteiger partial charge in [0.2, 0.25) is 0 Å². The van der Waals surface area contributed by atoms with Gasteiger partial charge < -0.3 is 10.3 Å². The SMILES string of the molecule is CC(N)Cc1ccon1. The van der Waals surface area contributed by atoms with E-state index >= 15 is 0 Å². The second-order valence-electron chi connectivity index (χ2n) is 2.17. The molecule has 0 saturated carbocycles. The molecule has 0 fully saturated rings. The molecule has 0 spiro atoms. The molecule has 0 aliphatic carbocycles. The Kier molecular flexibility index (Phi) is 1.85. The highest BCUT2D eigenvalue weighted by Gasteiger charge is 1.98. The molecule has 2 N–H and O–H groups in total. The second kappa shape index (κ2) is 2.64. The van der Waals surface area contributed by atoms with E-state index in [9.17, 15) is 0 Å². The van der Waals surface area contributed by atoms with Crippen LogP contribution in [0.1, 0.15) is 12.6 Å². The first kappa shape index (κ1) is 6.29. The molecule has 1 aromatic heterocycles. The van der Waals surface area contributed by atoms with Crippen molar-refractivity contribution in [2.75, 3.05) is 0 Å². The normalized spacial score (nSPS) is 13.6. The van der Waals surface area contributed by atoms with Crippen LogP contribution < -0.4 is 5.73 Å². The molecule has 0 saturated heterocycles. The molecule has 1 aromatic rings. The first-order chi connectivity index (χ1) is 4.29. The van der Waals surface area contributed by atoms with Gasteiger partial charge in [-0.2, -0.15) is 0 Å². The van der Waals surface area contributed by atoms with Crippen molar-refractivity contribution in [3.63, 3.8) is 0 Å². The van der Waals surface area contributed by atoms with Gasteiger partial charge in [-0.3, -0.25) is 0 Å². The molecule has 0 amide bonds. The van der Waals surface area contributed by atoms with E-state index in [1.807, 2.05) is 13.0 Å². The highest BCUT2D eigenvalue weighted by Crippen LogP contribution is 1.96. The molecule has 3 nitrogen and oxygen atoms in total. The van der Waals surface area contributed by atoms with Crippen LogP contribution in [-0.4, -0.2) is 11.2 Å². The average molecular weight is 126 g/mol. The van der Waals surface area contributed by atoms with E-state index in [1.165, 1.54) is 0 Å². The minimum Gasteiger partial charge on any atom is -0.365 e. The summed E-state index contributed by atoms with van der Waals surface area (Å²) in [7, 11) is 0. The fourth-order valence-electron chi connectivity index (χ4n) is 0.673. The Bertz CT molecular complexity index is 158. The van der Waals surface area contributed by atoms with Gasteiger partial charge in [-0.25, -0.2) is 0 Å². The first-order valence-electron chi connectivity index (χ1n) is 2.94. The third-order valence-corrected chi connectivity index (χ3v) is 1.02. The van der Waals surface area contributed by atoms with Crippen molar-refractivity contribution in [2.45, 2.75) is 19.4 Å². The molecule has 1 heterocycles. The van der Waals surface area contributed by atoms with Crippen LogP contribution in [-0.2, 0) is 6.42 Å². The predicted octanol–water partition coefficient (Wildman–Crippen LogP) is 0.564. The maximum Gasteiger partial charge on any atom is 0.124 e. The number of hydrogen-bond donors (Lipinski definition) is 1. The molecule has 1 rings (SSSR count). The number of rotatable bonds is 2. The van der Waals surface area contributed by atoms with E-state index in [4.69, 9.17) is 5.73 Å². The number of nitrogens with zero attached hydrogens (tertiary/aromatic N) is 1. The highest BCUT2D eigenvalue weighted by atomic mass is 16.5. The van der Waals surface area contributed by atoms with Gasteiger partial charge in [0, 0.05) is 18.5 Å². The average Bonchev–Trinajstić information content (AvgIpc) is 2.15. The van der Waals surface area contributed by atoms with Crippen molar-refractivity contribution < 1.29 is 4.52 Å². The van der Waals surface area contributed by atoms with Crippen molar-refractivity contribution in [1.29, 1.82) is 0 Å². The van der Waals surface area contributed by atoms with E-state index in [1.54, 1.807) is 6.26 Å². The van der Waals surface area contributed by atoms with Crippen LogP contribution in [0, 0.1) is 0 Å². The van der Waals surface area contributed by atoms with Gasteiger partial charge in [0.05, 0.1) is 5.69 Å². The lowest BCUT2D eigenvalue weighted by Gasteiger charge is -1.97. The summed E-state index contributed by atoms with van der Waals surface area (Å²) in [5, 5.41) is 3.70. The van der Waals surface area contributed by atoms with Crippen molar-refractivity contribution in [3.05, 3.63) is 18.0 Å². The fraction of sp³-hybridized carbons (Fsp3) is 0.500. The van der Waals surface area contributed by atoms with E-state index in [-0.39, 0.29) is 6.04 Å². The topological polar surface area (TPSA) is 52.0 Å². The Hall–Kier alpha value is -0.830. The molecule has 3 heteroatoms. The van der Waals surface area contributed by atoms with Crippen LogP contribution in [0.4, 0.5) is 0 Å². The lowest BCUT2D eigenvalue weighted by molar-refractivity contribution is 0.409. The van der Waals surface area contributed by atoms with Crippen molar-refractivity contribution >= 4 is 0 Å². The molecular formula is C6H10N2O. The summed E-state index contributed by atoms with van der Waals surface area (Å²) in [5.41, 5.74) is 6.42. The highest BCUT2D eigenvalue weighted by molar-refractivity contribution is 4.96. The zero-order chi connectivity index (χ0) is 6.69. The molecule has 0 bridgehead atoms. The van der Waals surface area contributed by atoms with Crippen molar-refractivity contribution in [3.8, 4) is 0 Å². The molecule has 1 unspecified atom stereocenters. The van der Waals surface area contributed by atoms with E-state index < -0.39 is 0 Å². The second-order valence-corrected chi connectivity index (χ2v) is 2.17. The van der Waals surface area contributed by atoms with Crippen LogP contribution in [0.25, 0.3) is 0 Å². The molecule has 0 aromatic carbocycles. The number of nitrogens with two attached hydrogens (primary N) is 1. The third kappa shape index (κ3) is 1.85. The Morgan fingerprint density at radius 2 is 2.67 bits per heavy atom. The summed E-state index contributed by atoms with van der Waals surface area (Å²) < 4.78 is 4.61. The maximum absolute atomic E-state index is 5.50. The Labute approximate surface area is 53.8 Å². The first-order valence-corrected chi connectivity index (χ1v) is 2.94. The summed E-state index contributed by atoms with van der Waals surface area (Å²) in [6.07, 6.45) is 2.34. The molecule has 50 valence electrons. The number of hydrogen-bond acceptors (Lipinski definition) is 3. The van der Waals surface area contributed by atoms with Gasteiger partial charge in [-0.05, 0) is 6.92 Å². The van der Waals surface area contributed by atoms with E-state index in [2.05, 4.69) is 9.68 Å².